The van der Waals surface area contributed by atoms with Crippen LogP contribution in [0.1, 0.15) is 0 Å². The van der Waals surface area contributed by atoms with Crippen LogP contribution in [0.5, 0.6) is 0 Å². The average Bonchev–Trinajstić information content (AvgIpc) is 1.38. The van der Waals surface area contributed by atoms with Gasteiger partial charge in [-0.3, -0.25) is 0 Å². The van der Waals surface area contributed by atoms with Gasteiger partial charge in [-0.05, 0) is 0 Å². The zero-order chi connectivity index (χ0) is 4.28. The number of halogens is 2. The van der Waals surface area contributed by atoms with E-state index in [1.54, 1.807) is 4.43 Å². The predicted molar refractivity (Wildman–Crippen MR) is 38.3 cm³/mol. The molecule has 1 atom stereocenters. The minimum Gasteiger partial charge on any atom is -0.382 e. The molecular weight excluding hydrogens is 294 g/mol. The van der Waals surface area contributed by atoms with Gasteiger partial charge in [-0.15, -0.1) is 0 Å². The predicted octanol–water partition coefficient (Wildman–Crippen LogP) is 1.34. The summed E-state index contributed by atoms with van der Waals surface area (Å²) in [6, 6.07) is 0. The first-order valence-electron chi connectivity index (χ1n) is 1.03. The van der Waals surface area contributed by atoms with Gasteiger partial charge in [0.25, 0.3) is 0 Å². The molecule has 0 saturated carbocycles. The molecule has 1 N–H and O–H groups in total. The highest BCUT2D eigenvalue weighted by Crippen LogP contribution is 2.03. The second-order valence-electron chi connectivity index (χ2n) is 0.499. The molecule has 0 aliphatic carbocycles. The molecule has 0 amide bonds. The lowest BCUT2D eigenvalue weighted by atomic mass is 10.9. The lowest BCUT2D eigenvalue weighted by molar-refractivity contribution is 0.321. The molecule has 0 fully saturated rings. The van der Waals surface area contributed by atoms with Crippen molar-refractivity contribution in [2.24, 2.45) is 0 Å². The topological polar surface area (TPSA) is 20.2 Å². The summed E-state index contributed by atoms with van der Waals surface area (Å²) in [4.78, 5) is 0. The van der Waals surface area contributed by atoms with E-state index in [0.29, 0.717) is 0 Å². The molecule has 0 aromatic rings. The maximum atomic E-state index is 8.28. The van der Waals surface area contributed by atoms with Crippen LogP contribution in [0.25, 0.3) is 0 Å². The molecule has 0 bridgehead atoms. The van der Waals surface area contributed by atoms with E-state index in [9.17, 15) is 0 Å². The molecule has 31 valence electrons. The Morgan fingerprint density at radius 1 is 1.80 bits per heavy atom. The van der Waals surface area contributed by atoms with Gasteiger partial charge in [-0.25, -0.2) is 0 Å². The highest BCUT2D eigenvalue weighted by Gasteiger charge is 1.86. The fraction of sp³-hybridized carbons (Fsp3) is 0.500. The van der Waals surface area contributed by atoms with E-state index in [2.05, 4.69) is 0 Å². The zero-order valence-corrected chi connectivity index (χ0v) is 6.67. The molecule has 0 aliphatic rings. The first-order chi connectivity index (χ1) is 2.27. The van der Waals surface area contributed by atoms with Crippen LogP contribution < -0.4 is 0 Å². The molecule has 0 aromatic carbocycles. The Labute approximate surface area is 58.4 Å². The number of hydrogen-bond donors (Lipinski definition) is 1. The van der Waals surface area contributed by atoms with E-state index in [-0.39, 0.29) is 4.11 Å². The quantitative estimate of drug-likeness (QED) is 0.572. The first kappa shape index (κ1) is 6.42. The normalized spacial score (nSPS) is 15.0. The molecular formula is C2H3I2O. The summed E-state index contributed by atoms with van der Waals surface area (Å²) in [6.45, 7) is 0. The molecule has 0 rings (SSSR count). The Hall–Kier alpha value is 1.42. The monoisotopic (exact) mass is 297 g/mol. The molecule has 0 aliphatic heterocycles. The Bertz CT molecular complexity index is 21.6. The first-order valence-corrected chi connectivity index (χ1v) is 3.52. The molecule has 0 aromatic heterocycles. The summed E-state index contributed by atoms with van der Waals surface area (Å²) in [5.74, 6) is 0. The van der Waals surface area contributed by atoms with Crippen molar-refractivity contribution in [1.29, 1.82) is 0 Å². The van der Waals surface area contributed by atoms with E-state index in [1.165, 1.54) is 0 Å². The summed E-state index contributed by atoms with van der Waals surface area (Å²) < 4.78 is 1.39. The minimum absolute atomic E-state index is 0.284. The van der Waals surface area contributed by atoms with Gasteiger partial charge >= 0.3 is 0 Å². The lowest BCUT2D eigenvalue weighted by Crippen LogP contribution is -1.85. The van der Waals surface area contributed by atoms with Gasteiger partial charge in [-0.2, -0.15) is 0 Å². The van der Waals surface area contributed by atoms with Crippen molar-refractivity contribution >= 4 is 45.2 Å². The van der Waals surface area contributed by atoms with Gasteiger partial charge in [0.1, 0.15) is 4.11 Å². The maximum absolute atomic E-state index is 8.28. The average molecular weight is 297 g/mol. The summed E-state index contributed by atoms with van der Waals surface area (Å²) in [7, 11) is 0. The van der Waals surface area contributed by atoms with Crippen molar-refractivity contribution in [2.45, 2.75) is 4.11 Å². The second kappa shape index (κ2) is 3.60. The molecule has 1 nitrogen and oxygen atoms in total. The minimum atomic E-state index is -0.284. The SMILES string of the molecule is OC(I)[CH]I. The van der Waals surface area contributed by atoms with Crippen LogP contribution in [-0.4, -0.2) is 9.22 Å². The van der Waals surface area contributed by atoms with Crippen molar-refractivity contribution in [2.75, 3.05) is 0 Å². The number of aliphatic hydroxyl groups excluding tert-OH is 1. The van der Waals surface area contributed by atoms with Crippen LogP contribution in [0.2, 0.25) is 0 Å². The zero-order valence-electron chi connectivity index (χ0n) is 2.36. The van der Waals surface area contributed by atoms with Crippen LogP contribution in [0.3, 0.4) is 0 Å². The van der Waals surface area contributed by atoms with Crippen LogP contribution >= 0.6 is 45.2 Å². The highest BCUT2D eigenvalue weighted by atomic mass is 127. The van der Waals surface area contributed by atoms with Crippen molar-refractivity contribution in [3.8, 4) is 0 Å². The molecule has 0 saturated heterocycles. The van der Waals surface area contributed by atoms with Crippen molar-refractivity contribution < 1.29 is 5.11 Å². The van der Waals surface area contributed by atoms with Crippen molar-refractivity contribution in [1.82, 2.24) is 0 Å². The lowest BCUT2D eigenvalue weighted by Gasteiger charge is -1.85. The Kier molecular flexibility index (Phi) is 4.63. The van der Waals surface area contributed by atoms with Crippen LogP contribution in [0, 0.1) is 4.43 Å². The molecule has 0 heterocycles. The molecule has 0 spiro atoms. The van der Waals surface area contributed by atoms with E-state index in [1.807, 2.05) is 45.2 Å². The van der Waals surface area contributed by atoms with E-state index in [0.717, 1.165) is 0 Å². The fourth-order valence-electron chi connectivity index (χ4n) is 0. The standard InChI is InChI=1S/C2H3I2O/c3-1-2(4)5/h1-2,5H. The van der Waals surface area contributed by atoms with Crippen molar-refractivity contribution in [3.63, 3.8) is 0 Å². The van der Waals surface area contributed by atoms with E-state index < -0.39 is 0 Å². The Balaban J connectivity index is 2.54. The van der Waals surface area contributed by atoms with Gasteiger partial charge in [0.2, 0.25) is 0 Å². The summed E-state index contributed by atoms with van der Waals surface area (Å²) in [5.41, 5.74) is 0. The molecule has 5 heavy (non-hydrogen) atoms. The molecule has 1 radical (unpaired) electrons. The number of rotatable bonds is 1. The van der Waals surface area contributed by atoms with Crippen LogP contribution in [0.15, 0.2) is 0 Å². The molecule has 1 unspecified atom stereocenters. The Morgan fingerprint density at radius 2 is 2.00 bits per heavy atom. The Morgan fingerprint density at radius 3 is 2.00 bits per heavy atom. The molecule has 3 heteroatoms. The van der Waals surface area contributed by atoms with Gasteiger partial charge < -0.3 is 5.11 Å². The maximum Gasteiger partial charge on any atom is 0.118 e. The highest BCUT2D eigenvalue weighted by molar-refractivity contribution is 14.1. The van der Waals surface area contributed by atoms with E-state index in [4.69, 9.17) is 5.11 Å². The van der Waals surface area contributed by atoms with Gasteiger partial charge in [-0.1, -0.05) is 45.2 Å². The third-order valence-corrected chi connectivity index (χ3v) is 2.52. The van der Waals surface area contributed by atoms with Crippen molar-refractivity contribution in [3.05, 3.63) is 4.43 Å². The van der Waals surface area contributed by atoms with E-state index >= 15 is 0 Å². The van der Waals surface area contributed by atoms with Gasteiger partial charge in [0, 0.05) is 0 Å². The van der Waals surface area contributed by atoms with Gasteiger partial charge in [0.05, 0.1) is 4.43 Å². The van der Waals surface area contributed by atoms with Gasteiger partial charge in [0.15, 0.2) is 0 Å². The van der Waals surface area contributed by atoms with Crippen LogP contribution in [0.4, 0.5) is 0 Å². The number of hydrogen-bond acceptors (Lipinski definition) is 1. The summed E-state index contributed by atoms with van der Waals surface area (Å²) in [5, 5.41) is 8.28. The fourth-order valence-corrected chi connectivity index (χ4v) is 0. The number of aliphatic hydroxyl groups is 1. The number of alkyl halides is 1. The summed E-state index contributed by atoms with van der Waals surface area (Å²) >= 11 is 3.89. The second-order valence-corrected chi connectivity index (χ2v) is 2.49. The largest absolute Gasteiger partial charge is 0.382 e. The summed E-state index contributed by atoms with van der Waals surface area (Å²) in [6.07, 6.45) is 0. The third kappa shape index (κ3) is 5.42. The smallest absolute Gasteiger partial charge is 0.118 e. The van der Waals surface area contributed by atoms with Crippen LogP contribution in [-0.2, 0) is 0 Å². The third-order valence-electron chi connectivity index (χ3n) is 0.104.